The van der Waals surface area contributed by atoms with Crippen molar-refractivity contribution in [2.75, 3.05) is 19.8 Å². The summed E-state index contributed by atoms with van der Waals surface area (Å²) in [5.74, 6) is -3.50. The van der Waals surface area contributed by atoms with Gasteiger partial charge in [0, 0.05) is 35.7 Å². The van der Waals surface area contributed by atoms with E-state index in [4.69, 9.17) is 28.3 Å². The van der Waals surface area contributed by atoms with Crippen molar-refractivity contribution < 1.29 is 28.9 Å². The van der Waals surface area contributed by atoms with E-state index < -0.39 is 59.1 Å². The molecule has 0 aromatic heterocycles. The number of carbonyl (C=O) groups excluding carboxylic acids is 1. The van der Waals surface area contributed by atoms with Crippen molar-refractivity contribution in [3.05, 3.63) is 69.2 Å². The van der Waals surface area contributed by atoms with Gasteiger partial charge in [-0.05, 0) is 42.0 Å². The fourth-order valence-electron chi connectivity index (χ4n) is 5.12. The molecule has 0 aliphatic carbocycles. The molecule has 1 saturated heterocycles. The zero-order valence-corrected chi connectivity index (χ0v) is 22.5. The molecule has 0 spiro atoms. The number of aliphatic hydroxyl groups is 3. The SMILES string of the molecule is C.CC(C)(CO)C[C@@H]1N[C@@H](C(=O)NCC[C@H](O)CO)[C@H](c2cccc(Cl)c2F)[C@@]1(C#N)c1ccc(Cl)cc1F. The van der Waals surface area contributed by atoms with E-state index in [9.17, 15) is 20.3 Å². The van der Waals surface area contributed by atoms with Gasteiger partial charge < -0.3 is 26.0 Å². The Balaban J connectivity index is 0.00000533. The Labute approximate surface area is 237 Å². The number of rotatable bonds is 10. The van der Waals surface area contributed by atoms with Gasteiger partial charge in [0.1, 0.15) is 17.0 Å². The Bertz CT molecular complexity index is 1210. The van der Waals surface area contributed by atoms with Crippen molar-refractivity contribution >= 4 is 29.1 Å². The van der Waals surface area contributed by atoms with Crippen LogP contribution in [0.4, 0.5) is 8.78 Å². The van der Waals surface area contributed by atoms with Gasteiger partial charge in [-0.1, -0.05) is 62.7 Å². The maximum Gasteiger partial charge on any atom is 0.237 e. The van der Waals surface area contributed by atoms with E-state index in [1.165, 1.54) is 30.3 Å². The lowest BCUT2D eigenvalue weighted by Crippen LogP contribution is -2.46. The first-order chi connectivity index (χ1) is 17.9. The van der Waals surface area contributed by atoms with Crippen LogP contribution in [0.2, 0.25) is 10.0 Å². The van der Waals surface area contributed by atoms with Crippen LogP contribution in [0.3, 0.4) is 0 Å². The van der Waals surface area contributed by atoms with Crippen molar-refractivity contribution in [2.24, 2.45) is 5.41 Å². The molecule has 11 heteroatoms. The topological polar surface area (TPSA) is 126 Å². The molecule has 5 atom stereocenters. The summed E-state index contributed by atoms with van der Waals surface area (Å²) in [7, 11) is 0. The molecule has 0 unspecified atom stereocenters. The van der Waals surface area contributed by atoms with E-state index in [2.05, 4.69) is 16.7 Å². The first-order valence-electron chi connectivity index (χ1n) is 12.2. The molecule has 214 valence electrons. The molecule has 0 saturated carbocycles. The zero-order valence-electron chi connectivity index (χ0n) is 21.0. The second kappa shape index (κ2) is 13.4. The van der Waals surface area contributed by atoms with Crippen LogP contribution in [-0.2, 0) is 10.2 Å². The molecular weight excluding hydrogens is 551 g/mol. The third kappa shape index (κ3) is 6.71. The number of halogens is 4. The molecule has 5 N–H and O–H groups in total. The van der Waals surface area contributed by atoms with Crippen molar-refractivity contribution in [1.82, 2.24) is 10.6 Å². The quantitative estimate of drug-likeness (QED) is 0.286. The fourth-order valence-corrected chi connectivity index (χ4v) is 5.47. The third-order valence-corrected chi connectivity index (χ3v) is 7.61. The average Bonchev–Trinajstić information content (AvgIpc) is 3.19. The lowest BCUT2D eigenvalue weighted by Gasteiger charge is -2.38. The van der Waals surface area contributed by atoms with Gasteiger partial charge in [0.15, 0.2) is 0 Å². The number of carbonyl (C=O) groups is 1. The number of aliphatic hydroxyl groups excluding tert-OH is 3. The van der Waals surface area contributed by atoms with Crippen molar-refractivity contribution in [3.8, 4) is 6.07 Å². The Hall–Kier alpha value is -2.32. The van der Waals surface area contributed by atoms with Gasteiger partial charge in [0.25, 0.3) is 0 Å². The largest absolute Gasteiger partial charge is 0.396 e. The van der Waals surface area contributed by atoms with Crippen LogP contribution < -0.4 is 10.6 Å². The predicted octanol–water partition coefficient (Wildman–Crippen LogP) is 4.06. The number of nitriles is 1. The Morgan fingerprint density at radius 2 is 1.95 bits per heavy atom. The molecule has 1 aliphatic heterocycles. The van der Waals surface area contributed by atoms with E-state index >= 15 is 8.78 Å². The van der Waals surface area contributed by atoms with Gasteiger partial charge in [0.2, 0.25) is 5.91 Å². The molecule has 1 aliphatic rings. The van der Waals surface area contributed by atoms with E-state index in [0.717, 1.165) is 6.07 Å². The molecule has 1 amide bonds. The minimum atomic E-state index is -1.82. The van der Waals surface area contributed by atoms with Crippen LogP contribution in [0.1, 0.15) is 51.2 Å². The summed E-state index contributed by atoms with van der Waals surface area (Å²) in [6.45, 7) is 2.76. The molecule has 0 radical (unpaired) electrons. The van der Waals surface area contributed by atoms with Crippen molar-refractivity contribution in [3.63, 3.8) is 0 Å². The second-order valence-electron chi connectivity index (χ2n) is 10.4. The summed E-state index contributed by atoms with van der Waals surface area (Å²) in [6.07, 6.45) is -0.862. The van der Waals surface area contributed by atoms with Gasteiger partial charge in [0.05, 0.1) is 29.8 Å². The van der Waals surface area contributed by atoms with Crippen LogP contribution in [-0.4, -0.2) is 59.2 Å². The molecule has 3 rings (SSSR count). The minimum absolute atomic E-state index is 0. The summed E-state index contributed by atoms with van der Waals surface area (Å²) in [4.78, 5) is 13.5. The Morgan fingerprint density at radius 3 is 2.54 bits per heavy atom. The Kier molecular flexibility index (Phi) is 11.3. The highest BCUT2D eigenvalue weighted by molar-refractivity contribution is 6.31. The monoisotopic (exact) mass is 585 g/mol. The van der Waals surface area contributed by atoms with Crippen LogP contribution in [0, 0.1) is 28.4 Å². The number of hydrogen-bond acceptors (Lipinski definition) is 6. The van der Waals surface area contributed by atoms with Gasteiger partial charge in [-0.15, -0.1) is 0 Å². The first kappa shape index (κ1) is 32.9. The van der Waals surface area contributed by atoms with E-state index in [1.807, 2.05) is 0 Å². The molecule has 2 aromatic rings. The molecule has 7 nitrogen and oxygen atoms in total. The summed E-state index contributed by atoms with van der Waals surface area (Å²) < 4.78 is 31.1. The van der Waals surface area contributed by atoms with Crippen LogP contribution in [0.15, 0.2) is 36.4 Å². The van der Waals surface area contributed by atoms with Gasteiger partial charge in [-0.3, -0.25) is 4.79 Å². The summed E-state index contributed by atoms with van der Waals surface area (Å²) >= 11 is 12.1. The molecule has 1 fully saturated rings. The Morgan fingerprint density at radius 1 is 1.26 bits per heavy atom. The van der Waals surface area contributed by atoms with Crippen molar-refractivity contribution in [1.29, 1.82) is 5.26 Å². The highest BCUT2D eigenvalue weighted by Crippen LogP contribution is 2.52. The first-order valence-corrected chi connectivity index (χ1v) is 12.9. The van der Waals surface area contributed by atoms with Gasteiger partial charge in [-0.2, -0.15) is 5.26 Å². The van der Waals surface area contributed by atoms with Crippen LogP contribution >= 0.6 is 23.2 Å². The van der Waals surface area contributed by atoms with Crippen molar-refractivity contribution in [2.45, 2.75) is 63.6 Å². The average molecular weight is 587 g/mol. The number of nitrogens with one attached hydrogen (secondary N) is 2. The third-order valence-electron chi connectivity index (χ3n) is 7.09. The molecule has 2 aromatic carbocycles. The standard InChI is InChI=1S/C27H31Cl2F2N3O4.CH4/c1-26(2,14-36)11-21-27(13-32,18-7-6-15(28)10-20(18)30)22(17-4-3-5-19(29)23(17)31)24(34-21)25(38)33-9-8-16(37)12-35;/h3-7,10,16,21-22,24,34-37H,8-9,11-12,14H2,1-2H3,(H,33,38);1H4/t16-,21-,22-,24+,27-;/m0./s1. The summed E-state index contributed by atoms with van der Waals surface area (Å²) in [5.41, 5.74) is -2.71. The number of hydrogen-bond donors (Lipinski definition) is 5. The van der Waals surface area contributed by atoms with Gasteiger partial charge >= 0.3 is 0 Å². The second-order valence-corrected chi connectivity index (χ2v) is 11.2. The van der Waals surface area contributed by atoms with E-state index in [1.54, 1.807) is 13.8 Å². The zero-order chi connectivity index (χ0) is 28.3. The van der Waals surface area contributed by atoms with E-state index in [-0.39, 0.29) is 54.6 Å². The molecule has 1 heterocycles. The summed E-state index contributed by atoms with van der Waals surface area (Å²) in [5, 5.41) is 45.2. The normalized spacial score (nSPS) is 23.5. The molecule has 39 heavy (non-hydrogen) atoms. The van der Waals surface area contributed by atoms with E-state index in [0.29, 0.717) is 0 Å². The number of nitrogens with zero attached hydrogens (tertiary/aromatic N) is 1. The maximum atomic E-state index is 15.6. The highest BCUT2D eigenvalue weighted by Gasteiger charge is 2.61. The highest BCUT2D eigenvalue weighted by atomic mass is 35.5. The molecular formula is C28H35Cl2F2N3O4. The summed E-state index contributed by atoms with van der Waals surface area (Å²) in [6, 6.07) is 8.15. The number of amides is 1. The fraction of sp³-hybridized carbons (Fsp3) is 0.500. The predicted molar refractivity (Wildman–Crippen MR) is 146 cm³/mol. The smallest absolute Gasteiger partial charge is 0.237 e. The lowest BCUT2D eigenvalue weighted by atomic mass is 9.62. The maximum absolute atomic E-state index is 15.6. The lowest BCUT2D eigenvalue weighted by molar-refractivity contribution is -0.123. The molecule has 0 bridgehead atoms. The number of benzene rings is 2. The van der Waals surface area contributed by atoms with Gasteiger partial charge in [-0.25, -0.2) is 8.78 Å². The van der Waals surface area contributed by atoms with Crippen LogP contribution in [0.5, 0.6) is 0 Å². The van der Waals surface area contributed by atoms with Crippen LogP contribution in [0.25, 0.3) is 0 Å². The minimum Gasteiger partial charge on any atom is -0.396 e.